The van der Waals surface area contributed by atoms with E-state index in [1.165, 1.54) is 11.9 Å². The Bertz CT molecular complexity index is 1050. The number of anilines is 1. The number of hydrazone groups is 1. The highest BCUT2D eigenvalue weighted by Crippen LogP contribution is 2.41. The molecule has 1 atom stereocenters. The van der Waals surface area contributed by atoms with Gasteiger partial charge in [-0.2, -0.15) is 5.10 Å². The van der Waals surface area contributed by atoms with Crippen LogP contribution in [0.4, 0.5) is 5.69 Å². The summed E-state index contributed by atoms with van der Waals surface area (Å²) in [4.78, 5) is 12.2. The molecular formula is C20H23N3O5S. The van der Waals surface area contributed by atoms with Crippen LogP contribution in [0.25, 0.3) is 0 Å². The second kappa shape index (κ2) is 8.12. The number of rotatable bonds is 6. The molecule has 1 aliphatic rings. The SMILES string of the molecule is COc1cccc(C2CC(c3ccc(NS(C)(=O)=O)cc3)=NN2C(C)=O)c1OC. The normalized spacial score (nSPS) is 16.3. The van der Waals surface area contributed by atoms with Gasteiger partial charge in [0.05, 0.1) is 32.2 Å². The summed E-state index contributed by atoms with van der Waals surface area (Å²) in [5, 5.41) is 5.96. The average Bonchev–Trinajstić information content (AvgIpc) is 3.12. The number of benzene rings is 2. The second-order valence-electron chi connectivity index (χ2n) is 6.66. The van der Waals surface area contributed by atoms with E-state index in [-0.39, 0.29) is 11.9 Å². The van der Waals surface area contributed by atoms with Gasteiger partial charge in [0, 0.05) is 24.6 Å². The molecule has 0 bridgehead atoms. The first-order valence-electron chi connectivity index (χ1n) is 8.90. The van der Waals surface area contributed by atoms with Crippen molar-refractivity contribution in [1.82, 2.24) is 5.01 Å². The van der Waals surface area contributed by atoms with Crippen LogP contribution in [0.2, 0.25) is 0 Å². The molecule has 9 heteroatoms. The molecule has 0 saturated carbocycles. The molecule has 1 N–H and O–H groups in total. The standard InChI is InChI=1S/C20H23N3O5S/c1-13(24)23-18(16-6-5-7-19(27-2)20(16)28-3)12-17(21-23)14-8-10-15(11-9-14)22-29(4,25)26/h5-11,18,22H,12H2,1-4H3. The first-order chi connectivity index (χ1) is 13.7. The number of carbonyl (C=O) groups excluding carboxylic acids is 1. The Balaban J connectivity index is 1.93. The Hall–Kier alpha value is -3.07. The monoisotopic (exact) mass is 417 g/mol. The second-order valence-corrected chi connectivity index (χ2v) is 8.41. The summed E-state index contributed by atoms with van der Waals surface area (Å²) in [5.74, 6) is 0.957. The first kappa shape index (κ1) is 20.7. The summed E-state index contributed by atoms with van der Waals surface area (Å²) in [6.07, 6.45) is 1.58. The van der Waals surface area contributed by atoms with Gasteiger partial charge in [0.2, 0.25) is 15.9 Å². The predicted molar refractivity (Wildman–Crippen MR) is 111 cm³/mol. The van der Waals surface area contributed by atoms with Gasteiger partial charge in [0.25, 0.3) is 0 Å². The van der Waals surface area contributed by atoms with Crippen LogP contribution in [0.5, 0.6) is 11.5 Å². The molecule has 0 spiro atoms. The zero-order valence-electron chi connectivity index (χ0n) is 16.7. The lowest BCUT2D eigenvalue weighted by Gasteiger charge is -2.23. The highest BCUT2D eigenvalue weighted by Gasteiger charge is 2.34. The Morgan fingerprint density at radius 3 is 2.38 bits per heavy atom. The van der Waals surface area contributed by atoms with Crippen molar-refractivity contribution in [2.45, 2.75) is 19.4 Å². The van der Waals surface area contributed by atoms with E-state index < -0.39 is 10.0 Å². The average molecular weight is 417 g/mol. The fraction of sp³-hybridized carbons (Fsp3) is 0.300. The summed E-state index contributed by atoms with van der Waals surface area (Å²) >= 11 is 0. The molecule has 0 aliphatic carbocycles. The van der Waals surface area contributed by atoms with Crippen LogP contribution in [0, 0.1) is 0 Å². The third-order valence-electron chi connectivity index (χ3n) is 4.55. The Morgan fingerprint density at radius 1 is 1.14 bits per heavy atom. The number of carbonyl (C=O) groups is 1. The van der Waals surface area contributed by atoms with E-state index in [4.69, 9.17) is 9.47 Å². The number of methoxy groups -OCH3 is 2. The summed E-state index contributed by atoms with van der Waals surface area (Å²) in [6, 6.07) is 12.1. The van der Waals surface area contributed by atoms with Gasteiger partial charge in [-0.15, -0.1) is 0 Å². The van der Waals surface area contributed by atoms with E-state index in [1.54, 1.807) is 44.6 Å². The van der Waals surface area contributed by atoms with Crippen molar-refractivity contribution in [3.05, 3.63) is 53.6 Å². The number of amides is 1. The highest BCUT2D eigenvalue weighted by atomic mass is 32.2. The van der Waals surface area contributed by atoms with Crippen LogP contribution in [0.1, 0.15) is 30.5 Å². The van der Waals surface area contributed by atoms with Gasteiger partial charge in [0.15, 0.2) is 11.5 Å². The number of para-hydroxylation sites is 1. The van der Waals surface area contributed by atoms with Crippen molar-refractivity contribution in [3.63, 3.8) is 0 Å². The minimum Gasteiger partial charge on any atom is -0.493 e. The molecule has 0 aromatic heterocycles. The van der Waals surface area contributed by atoms with Crippen molar-refractivity contribution in [3.8, 4) is 11.5 Å². The van der Waals surface area contributed by atoms with Crippen LogP contribution in [-0.4, -0.2) is 45.5 Å². The largest absolute Gasteiger partial charge is 0.493 e. The maximum absolute atomic E-state index is 12.2. The fourth-order valence-corrected chi connectivity index (χ4v) is 3.90. The van der Waals surface area contributed by atoms with Crippen LogP contribution in [-0.2, 0) is 14.8 Å². The molecule has 0 radical (unpaired) electrons. The van der Waals surface area contributed by atoms with Crippen LogP contribution in [0.3, 0.4) is 0 Å². The molecule has 1 heterocycles. The number of sulfonamides is 1. The molecular weight excluding hydrogens is 394 g/mol. The molecule has 2 aromatic carbocycles. The highest BCUT2D eigenvalue weighted by molar-refractivity contribution is 7.92. The van der Waals surface area contributed by atoms with E-state index in [0.717, 1.165) is 23.1 Å². The third-order valence-corrected chi connectivity index (χ3v) is 5.15. The molecule has 0 fully saturated rings. The first-order valence-corrected chi connectivity index (χ1v) is 10.8. The zero-order valence-corrected chi connectivity index (χ0v) is 17.5. The third kappa shape index (κ3) is 4.51. The molecule has 154 valence electrons. The van der Waals surface area contributed by atoms with Gasteiger partial charge in [-0.05, 0) is 23.8 Å². The van der Waals surface area contributed by atoms with Crippen molar-refractivity contribution < 1.29 is 22.7 Å². The van der Waals surface area contributed by atoms with E-state index in [0.29, 0.717) is 23.6 Å². The zero-order chi connectivity index (χ0) is 21.2. The van der Waals surface area contributed by atoms with E-state index in [1.807, 2.05) is 12.1 Å². The lowest BCUT2D eigenvalue weighted by molar-refractivity contribution is -0.130. The van der Waals surface area contributed by atoms with Gasteiger partial charge in [-0.3, -0.25) is 9.52 Å². The smallest absolute Gasteiger partial charge is 0.240 e. The lowest BCUT2D eigenvalue weighted by Crippen LogP contribution is -2.24. The lowest BCUT2D eigenvalue weighted by atomic mass is 9.97. The Morgan fingerprint density at radius 2 is 1.83 bits per heavy atom. The molecule has 8 nitrogen and oxygen atoms in total. The summed E-state index contributed by atoms with van der Waals surface area (Å²) < 4.78 is 36.1. The molecule has 29 heavy (non-hydrogen) atoms. The van der Waals surface area contributed by atoms with Crippen LogP contribution in [0.15, 0.2) is 47.6 Å². The minimum absolute atomic E-state index is 0.190. The van der Waals surface area contributed by atoms with Crippen molar-refractivity contribution in [2.75, 3.05) is 25.2 Å². The summed E-state index contributed by atoms with van der Waals surface area (Å²) in [6.45, 7) is 1.46. The van der Waals surface area contributed by atoms with Gasteiger partial charge >= 0.3 is 0 Å². The van der Waals surface area contributed by atoms with Gasteiger partial charge in [-0.25, -0.2) is 13.4 Å². The summed E-state index contributed by atoms with van der Waals surface area (Å²) in [5.41, 5.74) is 2.79. The fourth-order valence-electron chi connectivity index (χ4n) is 3.34. The van der Waals surface area contributed by atoms with E-state index in [2.05, 4.69) is 9.82 Å². The Labute approximate surface area is 170 Å². The van der Waals surface area contributed by atoms with Crippen LogP contribution < -0.4 is 14.2 Å². The number of ether oxygens (including phenoxy) is 2. The maximum atomic E-state index is 12.2. The van der Waals surface area contributed by atoms with Gasteiger partial charge < -0.3 is 9.47 Å². The summed E-state index contributed by atoms with van der Waals surface area (Å²) in [7, 11) is -0.225. The number of nitrogens with one attached hydrogen (secondary N) is 1. The van der Waals surface area contributed by atoms with Crippen molar-refractivity contribution in [1.29, 1.82) is 0 Å². The van der Waals surface area contributed by atoms with Gasteiger partial charge in [0.1, 0.15) is 0 Å². The molecule has 1 aliphatic heterocycles. The van der Waals surface area contributed by atoms with E-state index >= 15 is 0 Å². The molecule has 1 amide bonds. The molecule has 0 saturated heterocycles. The molecule has 3 rings (SSSR count). The van der Waals surface area contributed by atoms with Crippen molar-refractivity contribution >= 4 is 27.3 Å². The van der Waals surface area contributed by atoms with Crippen molar-refractivity contribution in [2.24, 2.45) is 5.10 Å². The van der Waals surface area contributed by atoms with E-state index in [9.17, 15) is 13.2 Å². The predicted octanol–water partition coefficient (Wildman–Crippen LogP) is 2.77. The maximum Gasteiger partial charge on any atom is 0.240 e. The van der Waals surface area contributed by atoms with Crippen LogP contribution >= 0.6 is 0 Å². The van der Waals surface area contributed by atoms with Gasteiger partial charge in [-0.1, -0.05) is 24.3 Å². The molecule has 1 unspecified atom stereocenters. The Kier molecular flexibility index (Phi) is 5.78. The number of hydrogen-bond acceptors (Lipinski definition) is 6. The minimum atomic E-state index is -3.35. The number of hydrogen-bond donors (Lipinski definition) is 1. The quantitative estimate of drug-likeness (QED) is 0.779. The number of nitrogens with zero attached hydrogens (tertiary/aromatic N) is 2. The molecule has 2 aromatic rings. The topological polar surface area (TPSA) is 97.3 Å².